The molecule has 0 N–H and O–H groups in total. The van der Waals surface area contributed by atoms with Gasteiger partial charge in [0, 0.05) is 28.8 Å². The summed E-state index contributed by atoms with van der Waals surface area (Å²) >= 11 is 8.93. The van der Waals surface area contributed by atoms with Crippen molar-refractivity contribution in [2.24, 2.45) is 4.99 Å². The Balaban J connectivity index is 1.87. The van der Waals surface area contributed by atoms with Crippen LogP contribution in [-0.4, -0.2) is 15.4 Å². The van der Waals surface area contributed by atoms with E-state index in [4.69, 9.17) is 11.6 Å². The summed E-state index contributed by atoms with van der Waals surface area (Å²) in [6.07, 6.45) is 0. The second-order valence-corrected chi connectivity index (χ2v) is 8.14. The number of amides is 1. The van der Waals surface area contributed by atoms with Gasteiger partial charge in [0.05, 0.1) is 20.2 Å². The number of rotatable bonds is 3. The van der Waals surface area contributed by atoms with Crippen molar-refractivity contribution in [3.05, 3.63) is 67.3 Å². The SMILES string of the molecule is CCn1c(=NC(=O)c2sc3ccccc3c2Cl)sc2cc([N+](=O)[O-])ccc21. The second-order valence-electron chi connectivity index (χ2n) is 5.70. The number of nitro benzene ring substituents is 1. The van der Waals surface area contributed by atoms with Gasteiger partial charge >= 0.3 is 0 Å². The van der Waals surface area contributed by atoms with Crippen LogP contribution < -0.4 is 4.80 Å². The molecule has 4 aromatic rings. The molecular formula is C18H12ClN3O3S2. The van der Waals surface area contributed by atoms with Gasteiger partial charge in [-0.2, -0.15) is 4.99 Å². The maximum Gasteiger partial charge on any atom is 0.291 e. The molecule has 0 unspecified atom stereocenters. The third-order valence-corrected chi connectivity index (χ3v) is 6.82. The first kappa shape index (κ1) is 17.8. The number of halogens is 1. The zero-order valence-electron chi connectivity index (χ0n) is 14.0. The third-order valence-electron chi connectivity index (χ3n) is 4.12. The molecule has 2 heterocycles. The predicted molar refractivity (Wildman–Crippen MR) is 109 cm³/mol. The van der Waals surface area contributed by atoms with Crippen molar-refractivity contribution < 1.29 is 9.72 Å². The van der Waals surface area contributed by atoms with E-state index in [2.05, 4.69) is 4.99 Å². The van der Waals surface area contributed by atoms with Crippen LogP contribution in [0, 0.1) is 10.1 Å². The van der Waals surface area contributed by atoms with Crippen LogP contribution >= 0.6 is 34.3 Å². The predicted octanol–water partition coefficient (Wildman–Crippen LogP) is 5.24. The van der Waals surface area contributed by atoms with E-state index in [0.717, 1.165) is 15.6 Å². The summed E-state index contributed by atoms with van der Waals surface area (Å²) in [6, 6.07) is 12.2. The summed E-state index contributed by atoms with van der Waals surface area (Å²) in [7, 11) is 0. The number of hydrogen-bond donors (Lipinski definition) is 0. The number of nitro groups is 1. The molecule has 2 aromatic heterocycles. The van der Waals surface area contributed by atoms with Crippen LogP contribution in [0.25, 0.3) is 20.3 Å². The first-order chi connectivity index (χ1) is 13.0. The molecule has 6 nitrogen and oxygen atoms in total. The molecule has 4 rings (SSSR count). The van der Waals surface area contributed by atoms with Crippen molar-refractivity contribution in [3.8, 4) is 0 Å². The molecule has 0 aliphatic carbocycles. The number of aromatic nitrogens is 1. The van der Waals surface area contributed by atoms with Crippen molar-refractivity contribution in [2.75, 3.05) is 0 Å². The van der Waals surface area contributed by atoms with E-state index >= 15 is 0 Å². The summed E-state index contributed by atoms with van der Waals surface area (Å²) in [5, 5.41) is 12.2. The summed E-state index contributed by atoms with van der Waals surface area (Å²) in [4.78, 5) is 28.5. The van der Waals surface area contributed by atoms with Crippen molar-refractivity contribution in [1.82, 2.24) is 4.57 Å². The maximum absolute atomic E-state index is 12.8. The van der Waals surface area contributed by atoms with Gasteiger partial charge in [-0.25, -0.2) is 0 Å². The first-order valence-corrected chi connectivity index (χ1v) is 10.0. The Labute approximate surface area is 166 Å². The lowest BCUT2D eigenvalue weighted by molar-refractivity contribution is -0.384. The number of non-ortho nitro benzene ring substituents is 1. The number of fused-ring (bicyclic) bond motifs is 2. The monoisotopic (exact) mass is 417 g/mol. The van der Waals surface area contributed by atoms with Crippen LogP contribution in [0.15, 0.2) is 47.5 Å². The normalized spacial score (nSPS) is 12.1. The van der Waals surface area contributed by atoms with E-state index in [-0.39, 0.29) is 5.69 Å². The van der Waals surface area contributed by atoms with Gasteiger partial charge < -0.3 is 4.57 Å². The molecule has 27 heavy (non-hydrogen) atoms. The number of carbonyl (C=O) groups excluding carboxylic acids is 1. The van der Waals surface area contributed by atoms with Crippen molar-refractivity contribution in [3.63, 3.8) is 0 Å². The molecule has 1 amide bonds. The topological polar surface area (TPSA) is 77.5 Å². The Bertz CT molecular complexity index is 1290. The lowest BCUT2D eigenvalue weighted by atomic mass is 10.2. The van der Waals surface area contributed by atoms with Crippen LogP contribution in [0.2, 0.25) is 5.02 Å². The molecule has 2 aromatic carbocycles. The Morgan fingerprint density at radius 2 is 2.00 bits per heavy atom. The van der Waals surface area contributed by atoms with E-state index in [1.165, 1.54) is 34.8 Å². The molecule has 136 valence electrons. The fourth-order valence-electron chi connectivity index (χ4n) is 2.86. The molecule has 0 spiro atoms. The highest BCUT2D eigenvalue weighted by atomic mass is 35.5. The fourth-order valence-corrected chi connectivity index (χ4v) is 5.38. The number of thiazole rings is 1. The van der Waals surface area contributed by atoms with Crippen molar-refractivity contribution in [1.29, 1.82) is 0 Å². The molecule has 9 heteroatoms. The average molecular weight is 418 g/mol. The Morgan fingerprint density at radius 1 is 1.22 bits per heavy atom. The van der Waals surface area contributed by atoms with Crippen LogP contribution in [-0.2, 0) is 6.54 Å². The smallest absolute Gasteiger partial charge is 0.291 e. The minimum absolute atomic E-state index is 0.0115. The summed E-state index contributed by atoms with van der Waals surface area (Å²) in [5.74, 6) is -0.413. The van der Waals surface area contributed by atoms with E-state index in [9.17, 15) is 14.9 Å². The number of aryl methyl sites for hydroxylation is 1. The highest BCUT2D eigenvalue weighted by Crippen LogP contribution is 2.35. The van der Waals surface area contributed by atoms with Crippen LogP contribution in [0.3, 0.4) is 0 Å². The number of hydrogen-bond acceptors (Lipinski definition) is 5. The van der Waals surface area contributed by atoms with E-state index < -0.39 is 10.8 Å². The summed E-state index contributed by atoms with van der Waals surface area (Å²) < 4.78 is 3.50. The maximum atomic E-state index is 12.8. The zero-order valence-corrected chi connectivity index (χ0v) is 16.4. The molecule has 0 fully saturated rings. The van der Waals surface area contributed by atoms with E-state index in [0.29, 0.717) is 25.9 Å². The minimum Gasteiger partial charge on any atom is -0.317 e. The number of nitrogens with zero attached hydrogens (tertiary/aromatic N) is 3. The summed E-state index contributed by atoms with van der Waals surface area (Å²) in [5.41, 5.74) is 0.819. The Morgan fingerprint density at radius 3 is 2.70 bits per heavy atom. The number of thiophene rings is 1. The highest BCUT2D eigenvalue weighted by molar-refractivity contribution is 7.21. The minimum atomic E-state index is -0.436. The Hall–Kier alpha value is -2.55. The van der Waals surface area contributed by atoms with Gasteiger partial charge in [-0.15, -0.1) is 11.3 Å². The van der Waals surface area contributed by atoms with Gasteiger partial charge in [-0.3, -0.25) is 14.9 Å². The lowest BCUT2D eigenvalue weighted by Crippen LogP contribution is -2.15. The van der Waals surface area contributed by atoms with Gasteiger partial charge in [-0.1, -0.05) is 41.1 Å². The van der Waals surface area contributed by atoms with E-state index in [1.807, 2.05) is 35.8 Å². The molecule has 0 aliphatic rings. The number of carbonyl (C=O) groups is 1. The van der Waals surface area contributed by atoms with Crippen LogP contribution in [0.1, 0.15) is 16.6 Å². The van der Waals surface area contributed by atoms with E-state index in [1.54, 1.807) is 6.07 Å². The van der Waals surface area contributed by atoms with Gasteiger partial charge in [-0.05, 0) is 19.1 Å². The molecule has 0 aliphatic heterocycles. The first-order valence-electron chi connectivity index (χ1n) is 8.03. The van der Waals surface area contributed by atoms with Gasteiger partial charge in [0.15, 0.2) is 4.80 Å². The number of benzene rings is 2. The quantitative estimate of drug-likeness (QED) is 0.338. The van der Waals surface area contributed by atoms with Gasteiger partial charge in [0.2, 0.25) is 0 Å². The van der Waals surface area contributed by atoms with Gasteiger partial charge in [0.25, 0.3) is 11.6 Å². The molecule has 0 saturated heterocycles. The van der Waals surface area contributed by atoms with Gasteiger partial charge in [0.1, 0.15) is 4.88 Å². The van der Waals surface area contributed by atoms with Crippen molar-refractivity contribution >= 4 is 66.2 Å². The zero-order chi connectivity index (χ0) is 19.1. The van der Waals surface area contributed by atoms with Crippen LogP contribution in [0.4, 0.5) is 5.69 Å². The molecule has 0 bridgehead atoms. The average Bonchev–Trinajstić information content (AvgIpc) is 3.18. The second kappa shape index (κ2) is 6.88. The molecule has 0 atom stereocenters. The fraction of sp³-hybridized carbons (Fsp3) is 0.111. The largest absolute Gasteiger partial charge is 0.317 e. The third kappa shape index (κ3) is 3.05. The van der Waals surface area contributed by atoms with Crippen molar-refractivity contribution in [2.45, 2.75) is 13.5 Å². The molecular weight excluding hydrogens is 406 g/mol. The highest BCUT2D eigenvalue weighted by Gasteiger charge is 2.17. The molecule has 0 radical (unpaired) electrons. The molecule has 0 saturated carbocycles. The van der Waals surface area contributed by atoms with Crippen LogP contribution in [0.5, 0.6) is 0 Å². The lowest BCUT2D eigenvalue weighted by Gasteiger charge is -1.99. The standard InChI is InChI=1S/C18H12ClN3O3S2/c1-2-21-12-8-7-10(22(24)25)9-14(12)27-18(21)20-17(23)16-15(19)11-5-3-4-6-13(11)26-16/h3-9H,2H2,1H3. The summed E-state index contributed by atoms with van der Waals surface area (Å²) in [6.45, 7) is 2.52. The Kier molecular flexibility index (Phi) is 4.55.